The molecule has 0 atom stereocenters. The SMILES string of the molecule is Cc1cc(C)cc(NC(=S)NCCc2ccc(OC(F)F)cc2)c1. The second-order valence-corrected chi connectivity index (χ2v) is 5.94. The maximum atomic E-state index is 12.1. The summed E-state index contributed by atoms with van der Waals surface area (Å²) < 4.78 is 28.5. The van der Waals surface area contributed by atoms with Crippen molar-refractivity contribution in [3.63, 3.8) is 0 Å². The van der Waals surface area contributed by atoms with Gasteiger partial charge in [-0.15, -0.1) is 0 Å². The molecule has 0 aliphatic carbocycles. The molecule has 2 N–H and O–H groups in total. The maximum Gasteiger partial charge on any atom is 0.387 e. The lowest BCUT2D eigenvalue weighted by Crippen LogP contribution is -2.30. The van der Waals surface area contributed by atoms with Crippen molar-refractivity contribution in [2.24, 2.45) is 0 Å². The first-order valence-corrected chi connectivity index (χ1v) is 8.00. The average Bonchev–Trinajstić information content (AvgIpc) is 2.47. The molecule has 6 heteroatoms. The molecule has 3 nitrogen and oxygen atoms in total. The Labute approximate surface area is 146 Å². The third-order valence-electron chi connectivity index (χ3n) is 3.33. The lowest BCUT2D eigenvalue weighted by molar-refractivity contribution is -0.0498. The van der Waals surface area contributed by atoms with E-state index in [2.05, 4.69) is 21.4 Å². The van der Waals surface area contributed by atoms with Crippen molar-refractivity contribution < 1.29 is 13.5 Å². The zero-order valence-electron chi connectivity index (χ0n) is 13.6. The van der Waals surface area contributed by atoms with Crippen LogP contribution in [0.2, 0.25) is 0 Å². The summed E-state index contributed by atoms with van der Waals surface area (Å²) in [4.78, 5) is 0. The van der Waals surface area contributed by atoms with E-state index in [9.17, 15) is 8.78 Å². The van der Waals surface area contributed by atoms with Crippen LogP contribution in [0, 0.1) is 13.8 Å². The van der Waals surface area contributed by atoms with Crippen LogP contribution in [0.15, 0.2) is 42.5 Å². The molecule has 0 unspecified atom stereocenters. The molecule has 0 heterocycles. The highest BCUT2D eigenvalue weighted by molar-refractivity contribution is 7.80. The molecule has 128 valence electrons. The van der Waals surface area contributed by atoms with Crippen molar-refractivity contribution in [2.45, 2.75) is 26.9 Å². The standard InChI is InChI=1S/C18H20F2N2OS/c1-12-9-13(2)11-15(10-12)22-18(24)21-8-7-14-3-5-16(6-4-14)23-17(19)20/h3-6,9-11,17H,7-8H2,1-2H3,(H2,21,22,24). The number of benzene rings is 2. The summed E-state index contributed by atoms with van der Waals surface area (Å²) >= 11 is 5.28. The third-order valence-corrected chi connectivity index (χ3v) is 3.57. The predicted molar refractivity (Wildman–Crippen MR) is 96.9 cm³/mol. The Hall–Kier alpha value is -2.21. The summed E-state index contributed by atoms with van der Waals surface area (Å²) in [6, 6.07) is 12.8. The van der Waals surface area contributed by atoms with Crippen LogP contribution >= 0.6 is 12.2 Å². The number of hydrogen-bond donors (Lipinski definition) is 2. The van der Waals surface area contributed by atoms with Gasteiger partial charge in [-0.3, -0.25) is 0 Å². The summed E-state index contributed by atoms with van der Waals surface area (Å²) in [6.45, 7) is 1.92. The van der Waals surface area contributed by atoms with Gasteiger partial charge < -0.3 is 15.4 Å². The molecule has 0 fully saturated rings. The number of alkyl halides is 2. The minimum absolute atomic E-state index is 0.161. The normalized spacial score (nSPS) is 10.5. The monoisotopic (exact) mass is 350 g/mol. The first-order chi connectivity index (χ1) is 11.4. The van der Waals surface area contributed by atoms with Crippen LogP contribution < -0.4 is 15.4 Å². The van der Waals surface area contributed by atoms with Crippen molar-refractivity contribution in [3.8, 4) is 5.75 Å². The molecule has 0 spiro atoms. The number of thiocarbonyl (C=S) groups is 1. The van der Waals surface area contributed by atoms with E-state index in [4.69, 9.17) is 12.2 Å². The van der Waals surface area contributed by atoms with Crippen LogP contribution in [-0.2, 0) is 6.42 Å². The highest BCUT2D eigenvalue weighted by Crippen LogP contribution is 2.15. The van der Waals surface area contributed by atoms with E-state index in [-0.39, 0.29) is 5.75 Å². The van der Waals surface area contributed by atoms with Crippen LogP contribution in [0.25, 0.3) is 0 Å². The number of nitrogens with one attached hydrogen (secondary N) is 2. The molecule has 2 rings (SSSR count). The van der Waals surface area contributed by atoms with Gasteiger partial charge in [-0.05, 0) is 73.4 Å². The summed E-state index contributed by atoms with van der Waals surface area (Å²) in [5, 5.41) is 6.85. The molecule has 2 aromatic rings. The fourth-order valence-electron chi connectivity index (χ4n) is 2.38. The number of ether oxygens (including phenoxy) is 1. The smallest absolute Gasteiger partial charge is 0.387 e. The van der Waals surface area contributed by atoms with Gasteiger partial charge in [-0.25, -0.2) is 0 Å². The maximum absolute atomic E-state index is 12.1. The number of hydrogen-bond acceptors (Lipinski definition) is 2. The molecule has 0 amide bonds. The molecule has 0 aliphatic heterocycles. The van der Waals surface area contributed by atoms with Crippen LogP contribution in [-0.4, -0.2) is 18.3 Å². The Morgan fingerprint density at radius 2 is 1.71 bits per heavy atom. The minimum Gasteiger partial charge on any atom is -0.435 e. The number of aryl methyl sites for hydroxylation is 2. The molecule has 0 saturated carbocycles. The second kappa shape index (κ2) is 8.59. The number of halogens is 2. The first-order valence-electron chi connectivity index (χ1n) is 7.59. The molecule has 0 saturated heterocycles. The van der Waals surface area contributed by atoms with E-state index < -0.39 is 6.61 Å². The van der Waals surface area contributed by atoms with E-state index in [0.29, 0.717) is 11.7 Å². The van der Waals surface area contributed by atoms with Crippen molar-refractivity contribution in [1.82, 2.24) is 5.32 Å². The highest BCUT2D eigenvalue weighted by Gasteiger charge is 2.04. The van der Waals surface area contributed by atoms with E-state index in [1.54, 1.807) is 12.1 Å². The Bertz CT molecular complexity index is 670. The molecule has 0 aromatic heterocycles. The summed E-state index contributed by atoms with van der Waals surface area (Å²) in [5.41, 5.74) is 4.31. The number of rotatable bonds is 6. The minimum atomic E-state index is -2.80. The van der Waals surface area contributed by atoms with Crippen LogP contribution in [0.3, 0.4) is 0 Å². The van der Waals surface area contributed by atoms with Crippen molar-refractivity contribution >= 4 is 23.0 Å². The Balaban J connectivity index is 1.78. The van der Waals surface area contributed by atoms with Gasteiger partial charge in [0, 0.05) is 12.2 Å². The van der Waals surface area contributed by atoms with Gasteiger partial charge in [0.25, 0.3) is 0 Å². The zero-order valence-corrected chi connectivity index (χ0v) is 14.4. The van der Waals surface area contributed by atoms with Crippen LogP contribution in [0.4, 0.5) is 14.5 Å². The predicted octanol–water partition coefficient (Wildman–Crippen LogP) is 4.43. The van der Waals surface area contributed by atoms with E-state index in [1.807, 2.05) is 26.0 Å². The number of anilines is 1. The van der Waals surface area contributed by atoms with Gasteiger partial charge in [0.2, 0.25) is 0 Å². The molecule has 0 bridgehead atoms. The second-order valence-electron chi connectivity index (χ2n) is 5.53. The molecular weight excluding hydrogens is 330 g/mol. The van der Waals surface area contributed by atoms with E-state index in [0.717, 1.165) is 17.7 Å². The summed E-state index contributed by atoms with van der Waals surface area (Å²) in [5.74, 6) is 0.161. The average molecular weight is 350 g/mol. The largest absolute Gasteiger partial charge is 0.435 e. The van der Waals surface area contributed by atoms with Crippen molar-refractivity contribution in [3.05, 3.63) is 59.2 Å². The molecular formula is C18H20F2N2OS. The summed E-state index contributed by atoms with van der Waals surface area (Å²) in [7, 11) is 0. The molecule has 2 aromatic carbocycles. The molecule has 0 radical (unpaired) electrons. The van der Waals surface area contributed by atoms with Gasteiger partial charge >= 0.3 is 6.61 Å². The van der Waals surface area contributed by atoms with Crippen LogP contribution in [0.5, 0.6) is 5.75 Å². The van der Waals surface area contributed by atoms with Gasteiger partial charge in [0.15, 0.2) is 5.11 Å². The fraction of sp³-hybridized carbons (Fsp3) is 0.278. The van der Waals surface area contributed by atoms with E-state index >= 15 is 0 Å². The molecule has 24 heavy (non-hydrogen) atoms. The Morgan fingerprint density at radius 1 is 1.08 bits per heavy atom. The highest BCUT2D eigenvalue weighted by atomic mass is 32.1. The van der Waals surface area contributed by atoms with Gasteiger partial charge in [0.1, 0.15) is 5.75 Å². The Kier molecular flexibility index (Phi) is 6.49. The van der Waals surface area contributed by atoms with Gasteiger partial charge in [0.05, 0.1) is 0 Å². The lowest BCUT2D eigenvalue weighted by Gasteiger charge is -2.12. The van der Waals surface area contributed by atoms with Crippen LogP contribution in [0.1, 0.15) is 16.7 Å². The van der Waals surface area contributed by atoms with Gasteiger partial charge in [-0.2, -0.15) is 8.78 Å². The lowest BCUT2D eigenvalue weighted by atomic mass is 10.1. The van der Waals surface area contributed by atoms with Gasteiger partial charge in [-0.1, -0.05) is 18.2 Å². The van der Waals surface area contributed by atoms with Crippen molar-refractivity contribution in [1.29, 1.82) is 0 Å². The van der Waals surface area contributed by atoms with Crippen molar-refractivity contribution in [2.75, 3.05) is 11.9 Å². The topological polar surface area (TPSA) is 33.3 Å². The fourth-order valence-corrected chi connectivity index (χ4v) is 2.60. The Morgan fingerprint density at radius 3 is 2.29 bits per heavy atom. The molecule has 0 aliphatic rings. The van der Waals surface area contributed by atoms with E-state index in [1.165, 1.54) is 23.3 Å². The summed E-state index contributed by atoms with van der Waals surface area (Å²) in [6.07, 6.45) is 0.726. The third kappa shape index (κ3) is 6.12. The first kappa shape index (κ1) is 18.1. The zero-order chi connectivity index (χ0) is 17.5. The quantitative estimate of drug-likeness (QED) is 0.755.